The molecule has 1 saturated heterocycles. The van der Waals surface area contributed by atoms with Crippen molar-refractivity contribution in [2.24, 2.45) is 5.92 Å². The zero-order chi connectivity index (χ0) is 11.4. The summed E-state index contributed by atoms with van der Waals surface area (Å²) in [4.78, 5) is 0. The van der Waals surface area contributed by atoms with Gasteiger partial charge in [-0.3, -0.25) is 0 Å². The first-order chi connectivity index (χ1) is 7.81. The predicted octanol–water partition coefficient (Wildman–Crippen LogP) is 2.68. The van der Waals surface area contributed by atoms with Gasteiger partial charge in [0.05, 0.1) is 6.61 Å². The Balaban J connectivity index is 2.17. The van der Waals surface area contributed by atoms with E-state index < -0.39 is 0 Å². The maximum absolute atomic E-state index is 6.04. The standard InChI is InChI=1S/C13H18ClNO/c1-15-8-13(11-5-6-16-9-11)10-3-2-4-12(14)7-10/h2-4,7,11,13,15H,5-6,8-9H2,1H3. The first kappa shape index (κ1) is 11.9. The highest BCUT2D eigenvalue weighted by molar-refractivity contribution is 6.30. The van der Waals surface area contributed by atoms with E-state index in [0.29, 0.717) is 11.8 Å². The van der Waals surface area contributed by atoms with E-state index in [1.165, 1.54) is 5.56 Å². The summed E-state index contributed by atoms with van der Waals surface area (Å²) in [7, 11) is 1.99. The molecule has 1 fully saturated rings. The first-order valence-corrected chi connectivity index (χ1v) is 6.17. The number of rotatable bonds is 4. The molecule has 2 atom stereocenters. The quantitative estimate of drug-likeness (QED) is 0.873. The van der Waals surface area contributed by atoms with Crippen LogP contribution in [0.4, 0.5) is 0 Å². The Morgan fingerprint density at radius 1 is 1.56 bits per heavy atom. The Morgan fingerprint density at radius 2 is 2.44 bits per heavy atom. The highest BCUT2D eigenvalue weighted by Gasteiger charge is 2.26. The number of benzene rings is 1. The minimum Gasteiger partial charge on any atom is -0.381 e. The van der Waals surface area contributed by atoms with Crippen molar-refractivity contribution in [3.8, 4) is 0 Å². The van der Waals surface area contributed by atoms with Crippen molar-refractivity contribution in [1.29, 1.82) is 0 Å². The van der Waals surface area contributed by atoms with Gasteiger partial charge in [0.15, 0.2) is 0 Å². The zero-order valence-electron chi connectivity index (χ0n) is 9.58. The summed E-state index contributed by atoms with van der Waals surface area (Å²) in [6.07, 6.45) is 1.15. The highest BCUT2D eigenvalue weighted by Crippen LogP contribution is 2.31. The molecule has 3 heteroatoms. The van der Waals surface area contributed by atoms with Gasteiger partial charge in [-0.25, -0.2) is 0 Å². The molecule has 0 saturated carbocycles. The lowest BCUT2D eigenvalue weighted by Gasteiger charge is -2.22. The summed E-state index contributed by atoms with van der Waals surface area (Å²) >= 11 is 6.04. The molecule has 0 aromatic heterocycles. The second kappa shape index (κ2) is 5.67. The third-order valence-electron chi connectivity index (χ3n) is 3.23. The van der Waals surface area contributed by atoms with Crippen molar-refractivity contribution >= 4 is 11.6 Å². The van der Waals surface area contributed by atoms with Gasteiger partial charge >= 0.3 is 0 Å². The smallest absolute Gasteiger partial charge is 0.0501 e. The van der Waals surface area contributed by atoms with Crippen LogP contribution >= 0.6 is 11.6 Å². The van der Waals surface area contributed by atoms with Crippen LogP contribution in [0.25, 0.3) is 0 Å². The predicted molar refractivity (Wildman–Crippen MR) is 67.0 cm³/mol. The van der Waals surface area contributed by atoms with Crippen LogP contribution in [-0.4, -0.2) is 26.8 Å². The van der Waals surface area contributed by atoms with Crippen LogP contribution in [0.3, 0.4) is 0 Å². The minimum atomic E-state index is 0.506. The van der Waals surface area contributed by atoms with Gasteiger partial charge in [-0.1, -0.05) is 23.7 Å². The first-order valence-electron chi connectivity index (χ1n) is 5.79. The minimum absolute atomic E-state index is 0.506. The maximum atomic E-state index is 6.04. The Morgan fingerprint density at radius 3 is 3.06 bits per heavy atom. The Kier molecular flexibility index (Phi) is 4.22. The molecule has 1 aromatic rings. The number of nitrogens with one attached hydrogen (secondary N) is 1. The van der Waals surface area contributed by atoms with Crippen LogP contribution in [0, 0.1) is 5.92 Å². The fourth-order valence-electron chi connectivity index (χ4n) is 2.38. The molecular formula is C13H18ClNO. The molecule has 0 radical (unpaired) electrons. The van der Waals surface area contributed by atoms with Gasteiger partial charge in [0.2, 0.25) is 0 Å². The average molecular weight is 240 g/mol. The van der Waals surface area contributed by atoms with Crippen molar-refractivity contribution in [3.63, 3.8) is 0 Å². The molecular weight excluding hydrogens is 222 g/mol. The number of hydrogen-bond acceptors (Lipinski definition) is 2. The largest absolute Gasteiger partial charge is 0.381 e. The van der Waals surface area contributed by atoms with E-state index >= 15 is 0 Å². The molecule has 0 spiro atoms. The fourth-order valence-corrected chi connectivity index (χ4v) is 2.58. The van der Waals surface area contributed by atoms with E-state index in [9.17, 15) is 0 Å². The number of halogens is 1. The molecule has 2 rings (SSSR count). The molecule has 0 amide bonds. The summed E-state index contributed by atoms with van der Waals surface area (Å²) in [5, 5.41) is 4.08. The number of likely N-dealkylation sites (N-methyl/N-ethyl adjacent to an activating group) is 1. The van der Waals surface area contributed by atoms with Gasteiger partial charge in [-0.05, 0) is 37.1 Å². The topological polar surface area (TPSA) is 21.3 Å². The summed E-state index contributed by atoms with van der Waals surface area (Å²) < 4.78 is 5.48. The van der Waals surface area contributed by atoms with Gasteiger partial charge in [0.25, 0.3) is 0 Å². The van der Waals surface area contributed by atoms with Gasteiger partial charge in [-0.15, -0.1) is 0 Å². The van der Waals surface area contributed by atoms with Gasteiger partial charge in [-0.2, -0.15) is 0 Å². The van der Waals surface area contributed by atoms with Crippen LogP contribution in [0.5, 0.6) is 0 Å². The molecule has 2 nitrogen and oxygen atoms in total. The number of ether oxygens (including phenoxy) is 1. The van der Waals surface area contributed by atoms with Crippen LogP contribution in [0.2, 0.25) is 5.02 Å². The molecule has 2 unspecified atom stereocenters. The molecule has 0 bridgehead atoms. The summed E-state index contributed by atoms with van der Waals surface area (Å²) in [6.45, 7) is 2.75. The van der Waals surface area contributed by atoms with Gasteiger partial charge < -0.3 is 10.1 Å². The van der Waals surface area contributed by atoms with Crippen molar-refractivity contribution in [1.82, 2.24) is 5.32 Å². The van der Waals surface area contributed by atoms with E-state index in [2.05, 4.69) is 17.4 Å². The normalized spacial score (nSPS) is 22.2. The molecule has 1 heterocycles. The Hall–Kier alpha value is -0.570. The Bertz CT molecular complexity index is 336. The van der Waals surface area contributed by atoms with E-state index in [-0.39, 0.29) is 0 Å². The molecule has 1 aromatic carbocycles. The van der Waals surface area contributed by atoms with E-state index in [1.54, 1.807) is 0 Å². The van der Waals surface area contributed by atoms with E-state index in [0.717, 1.165) is 31.2 Å². The molecule has 88 valence electrons. The molecule has 1 N–H and O–H groups in total. The lowest BCUT2D eigenvalue weighted by molar-refractivity contribution is 0.180. The lowest BCUT2D eigenvalue weighted by Crippen LogP contribution is -2.24. The monoisotopic (exact) mass is 239 g/mol. The highest BCUT2D eigenvalue weighted by atomic mass is 35.5. The molecule has 1 aliphatic rings. The second-order valence-electron chi connectivity index (χ2n) is 4.34. The molecule has 1 aliphatic heterocycles. The van der Waals surface area contributed by atoms with Gasteiger partial charge in [0.1, 0.15) is 0 Å². The number of hydrogen-bond donors (Lipinski definition) is 1. The van der Waals surface area contributed by atoms with Crippen molar-refractivity contribution in [2.75, 3.05) is 26.8 Å². The van der Waals surface area contributed by atoms with Crippen LogP contribution in [-0.2, 0) is 4.74 Å². The van der Waals surface area contributed by atoms with Crippen molar-refractivity contribution in [2.45, 2.75) is 12.3 Å². The lowest BCUT2D eigenvalue weighted by atomic mass is 9.85. The zero-order valence-corrected chi connectivity index (χ0v) is 10.3. The average Bonchev–Trinajstić information content (AvgIpc) is 2.79. The third kappa shape index (κ3) is 2.76. The van der Waals surface area contributed by atoms with Crippen molar-refractivity contribution < 1.29 is 4.74 Å². The van der Waals surface area contributed by atoms with E-state index in [4.69, 9.17) is 16.3 Å². The summed E-state index contributed by atoms with van der Waals surface area (Å²) in [5.41, 5.74) is 1.32. The molecule has 0 aliphatic carbocycles. The fraction of sp³-hybridized carbons (Fsp3) is 0.538. The third-order valence-corrected chi connectivity index (χ3v) is 3.47. The molecule has 16 heavy (non-hydrogen) atoms. The summed E-state index contributed by atoms with van der Waals surface area (Å²) in [5.74, 6) is 1.12. The van der Waals surface area contributed by atoms with Crippen LogP contribution < -0.4 is 5.32 Å². The van der Waals surface area contributed by atoms with Gasteiger partial charge in [0, 0.05) is 24.1 Å². The second-order valence-corrected chi connectivity index (χ2v) is 4.78. The van der Waals surface area contributed by atoms with Crippen LogP contribution in [0.15, 0.2) is 24.3 Å². The SMILES string of the molecule is CNCC(c1cccc(Cl)c1)C1CCOC1. The van der Waals surface area contributed by atoms with Crippen LogP contribution in [0.1, 0.15) is 17.9 Å². The van der Waals surface area contributed by atoms with E-state index in [1.807, 2.05) is 19.2 Å². The van der Waals surface area contributed by atoms with Crippen molar-refractivity contribution in [3.05, 3.63) is 34.9 Å². The Labute approximate surface area is 102 Å². The maximum Gasteiger partial charge on any atom is 0.0501 e. The summed E-state index contributed by atoms with van der Waals surface area (Å²) in [6, 6.07) is 8.18.